The summed E-state index contributed by atoms with van der Waals surface area (Å²) in [6.07, 6.45) is 0. The van der Waals surface area contributed by atoms with Gasteiger partial charge in [-0.3, -0.25) is 0 Å². The third-order valence-electron chi connectivity index (χ3n) is 2.98. The van der Waals surface area contributed by atoms with Crippen LogP contribution < -0.4 is 10.1 Å². The second-order valence-electron chi connectivity index (χ2n) is 5.36. The summed E-state index contributed by atoms with van der Waals surface area (Å²) in [5.74, 6) is 1.41. The second kappa shape index (κ2) is 8.61. The van der Waals surface area contributed by atoms with Gasteiger partial charge in [0.25, 0.3) is 0 Å². The highest BCUT2D eigenvalue weighted by Crippen LogP contribution is 2.23. The fourth-order valence-corrected chi connectivity index (χ4v) is 2.57. The standard InChI is InChI=1S/C15H24ClNO3S/c1-4-21(18,19)8-7-20-15-6-5-14(16)9-13(15)11-17-10-12(2)3/h5-6,9,12,17H,4,7-8,10-11H2,1-3H3. The molecule has 1 N–H and O–H groups in total. The summed E-state index contributed by atoms with van der Waals surface area (Å²) in [4.78, 5) is 0. The summed E-state index contributed by atoms with van der Waals surface area (Å²) in [6.45, 7) is 7.62. The quantitative estimate of drug-likeness (QED) is 0.755. The summed E-state index contributed by atoms with van der Waals surface area (Å²) >= 11 is 6.01. The van der Waals surface area contributed by atoms with Gasteiger partial charge in [-0.2, -0.15) is 0 Å². The minimum absolute atomic E-state index is 0.0327. The molecule has 21 heavy (non-hydrogen) atoms. The molecular formula is C15H24ClNO3S. The van der Waals surface area contributed by atoms with Gasteiger partial charge in [-0.1, -0.05) is 32.4 Å². The molecule has 1 rings (SSSR count). The molecule has 0 aliphatic heterocycles. The molecule has 0 unspecified atom stereocenters. The van der Waals surface area contributed by atoms with Gasteiger partial charge >= 0.3 is 0 Å². The molecule has 0 aliphatic carbocycles. The van der Waals surface area contributed by atoms with Crippen LogP contribution in [0.1, 0.15) is 26.3 Å². The van der Waals surface area contributed by atoms with E-state index in [0.717, 1.165) is 12.1 Å². The molecule has 0 spiro atoms. The van der Waals surface area contributed by atoms with Crippen molar-refractivity contribution in [2.45, 2.75) is 27.3 Å². The number of benzene rings is 1. The first kappa shape index (κ1) is 18.3. The van der Waals surface area contributed by atoms with Gasteiger partial charge < -0.3 is 10.1 Å². The van der Waals surface area contributed by atoms with Crippen molar-refractivity contribution >= 4 is 21.4 Å². The molecule has 0 bridgehead atoms. The van der Waals surface area contributed by atoms with Gasteiger partial charge in [-0.05, 0) is 30.7 Å². The van der Waals surface area contributed by atoms with Crippen molar-refractivity contribution < 1.29 is 13.2 Å². The Bertz CT molecular complexity index is 544. The predicted octanol–water partition coefficient (Wildman–Crippen LogP) is 2.90. The average Bonchev–Trinajstić information content (AvgIpc) is 2.40. The van der Waals surface area contributed by atoms with E-state index in [2.05, 4.69) is 19.2 Å². The lowest BCUT2D eigenvalue weighted by atomic mass is 10.2. The van der Waals surface area contributed by atoms with Crippen LogP contribution in [0.5, 0.6) is 5.75 Å². The van der Waals surface area contributed by atoms with Crippen LogP contribution in [0.2, 0.25) is 5.02 Å². The molecular weight excluding hydrogens is 310 g/mol. The molecule has 0 heterocycles. The van der Waals surface area contributed by atoms with Crippen LogP contribution in [0, 0.1) is 5.92 Å². The van der Waals surface area contributed by atoms with E-state index >= 15 is 0 Å². The van der Waals surface area contributed by atoms with Crippen molar-refractivity contribution in [2.75, 3.05) is 24.7 Å². The van der Waals surface area contributed by atoms with Gasteiger partial charge in [0.1, 0.15) is 12.4 Å². The normalized spacial score (nSPS) is 11.9. The second-order valence-corrected chi connectivity index (χ2v) is 8.27. The molecule has 0 atom stereocenters. The highest BCUT2D eigenvalue weighted by molar-refractivity contribution is 7.91. The Hall–Kier alpha value is -0.780. The molecule has 0 aliphatic rings. The third kappa shape index (κ3) is 7.16. The van der Waals surface area contributed by atoms with E-state index in [-0.39, 0.29) is 18.1 Å². The molecule has 0 radical (unpaired) electrons. The Balaban J connectivity index is 2.64. The van der Waals surface area contributed by atoms with Crippen molar-refractivity contribution in [1.82, 2.24) is 5.32 Å². The first-order chi connectivity index (χ1) is 9.84. The molecule has 1 aromatic rings. The van der Waals surface area contributed by atoms with E-state index < -0.39 is 9.84 Å². The van der Waals surface area contributed by atoms with Gasteiger partial charge in [0.15, 0.2) is 9.84 Å². The largest absolute Gasteiger partial charge is 0.492 e. The zero-order valence-corrected chi connectivity index (χ0v) is 14.4. The Morgan fingerprint density at radius 1 is 1.33 bits per heavy atom. The number of ether oxygens (including phenoxy) is 1. The predicted molar refractivity (Wildman–Crippen MR) is 87.8 cm³/mol. The summed E-state index contributed by atoms with van der Waals surface area (Å²) in [5.41, 5.74) is 0.942. The monoisotopic (exact) mass is 333 g/mol. The smallest absolute Gasteiger partial charge is 0.153 e. The van der Waals surface area contributed by atoms with E-state index in [4.69, 9.17) is 16.3 Å². The van der Waals surface area contributed by atoms with E-state index in [1.807, 2.05) is 6.07 Å². The van der Waals surface area contributed by atoms with Gasteiger partial charge in [0.2, 0.25) is 0 Å². The first-order valence-corrected chi connectivity index (χ1v) is 9.36. The molecule has 6 heteroatoms. The molecule has 0 saturated carbocycles. The van der Waals surface area contributed by atoms with Gasteiger partial charge in [-0.15, -0.1) is 0 Å². The van der Waals surface area contributed by atoms with Crippen molar-refractivity contribution in [3.63, 3.8) is 0 Å². The SMILES string of the molecule is CCS(=O)(=O)CCOc1ccc(Cl)cc1CNCC(C)C. The fourth-order valence-electron chi connectivity index (χ4n) is 1.75. The maximum absolute atomic E-state index is 11.5. The maximum Gasteiger partial charge on any atom is 0.153 e. The minimum atomic E-state index is -3.01. The van der Waals surface area contributed by atoms with Gasteiger partial charge in [0.05, 0.1) is 5.75 Å². The zero-order valence-electron chi connectivity index (χ0n) is 12.9. The van der Waals surface area contributed by atoms with E-state index in [1.165, 1.54) is 0 Å². The van der Waals surface area contributed by atoms with Crippen LogP contribution in [-0.2, 0) is 16.4 Å². The highest BCUT2D eigenvalue weighted by Gasteiger charge is 2.10. The maximum atomic E-state index is 11.5. The van der Waals surface area contributed by atoms with Crippen LogP contribution in [0.15, 0.2) is 18.2 Å². The van der Waals surface area contributed by atoms with Crippen LogP contribution in [0.4, 0.5) is 0 Å². The van der Waals surface area contributed by atoms with Crippen molar-refractivity contribution in [3.8, 4) is 5.75 Å². The Morgan fingerprint density at radius 2 is 2.05 bits per heavy atom. The van der Waals surface area contributed by atoms with E-state index in [1.54, 1.807) is 19.1 Å². The first-order valence-electron chi connectivity index (χ1n) is 7.16. The van der Waals surface area contributed by atoms with Crippen LogP contribution in [0.25, 0.3) is 0 Å². The number of sulfone groups is 1. The lowest BCUT2D eigenvalue weighted by Gasteiger charge is -2.13. The minimum Gasteiger partial charge on any atom is -0.492 e. The summed E-state index contributed by atoms with van der Waals surface area (Å²) < 4.78 is 28.5. The van der Waals surface area contributed by atoms with Crippen LogP contribution in [-0.4, -0.2) is 33.1 Å². The molecule has 1 aromatic carbocycles. The van der Waals surface area contributed by atoms with Crippen molar-refractivity contribution in [1.29, 1.82) is 0 Å². The number of nitrogens with one attached hydrogen (secondary N) is 1. The average molecular weight is 334 g/mol. The number of rotatable bonds is 9. The molecule has 0 saturated heterocycles. The van der Waals surface area contributed by atoms with Crippen molar-refractivity contribution in [3.05, 3.63) is 28.8 Å². The molecule has 120 valence electrons. The summed E-state index contributed by atoms with van der Waals surface area (Å²) in [5, 5.41) is 3.97. The lowest BCUT2D eigenvalue weighted by Crippen LogP contribution is -2.20. The molecule has 4 nitrogen and oxygen atoms in total. The zero-order chi connectivity index (χ0) is 15.9. The van der Waals surface area contributed by atoms with E-state index in [9.17, 15) is 8.42 Å². The molecule has 0 aromatic heterocycles. The number of halogens is 1. The number of hydrogen-bond donors (Lipinski definition) is 1. The fraction of sp³-hybridized carbons (Fsp3) is 0.600. The van der Waals surface area contributed by atoms with Crippen molar-refractivity contribution in [2.24, 2.45) is 5.92 Å². The summed E-state index contributed by atoms with van der Waals surface area (Å²) in [7, 11) is -3.01. The molecule has 0 amide bonds. The van der Waals surface area contributed by atoms with Gasteiger partial charge in [0, 0.05) is 22.9 Å². The van der Waals surface area contributed by atoms with Gasteiger partial charge in [-0.25, -0.2) is 8.42 Å². The van der Waals surface area contributed by atoms with Crippen LogP contribution >= 0.6 is 11.6 Å². The number of hydrogen-bond acceptors (Lipinski definition) is 4. The van der Waals surface area contributed by atoms with Crippen LogP contribution in [0.3, 0.4) is 0 Å². The summed E-state index contributed by atoms with van der Waals surface area (Å²) in [6, 6.07) is 5.38. The Kier molecular flexibility index (Phi) is 7.49. The van der Waals surface area contributed by atoms with E-state index in [0.29, 0.717) is 23.2 Å². The lowest BCUT2D eigenvalue weighted by molar-refractivity contribution is 0.336. The Labute approximate surface area is 132 Å². The topological polar surface area (TPSA) is 55.4 Å². The Morgan fingerprint density at radius 3 is 2.67 bits per heavy atom. The highest BCUT2D eigenvalue weighted by atomic mass is 35.5. The third-order valence-corrected chi connectivity index (χ3v) is 4.89. The molecule has 0 fully saturated rings.